The molecule has 0 radical (unpaired) electrons. The number of aliphatic hydroxyl groups excluding tert-OH is 1. The number of ether oxygens (including phenoxy) is 1. The molecule has 2 aromatic rings. The molecule has 0 spiro atoms. The summed E-state index contributed by atoms with van der Waals surface area (Å²) in [7, 11) is 0. The Bertz CT molecular complexity index is 612. The number of hydrogen-bond acceptors (Lipinski definition) is 4. The van der Waals surface area contributed by atoms with Crippen molar-refractivity contribution in [1.29, 1.82) is 0 Å². The Morgan fingerprint density at radius 1 is 1.04 bits per heavy atom. The van der Waals surface area contributed by atoms with Crippen LogP contribution >= 0.6 is 0 Å². The number of benzene rings is 2. The second-order valence-corrected chi connectivity index (χ2v) is 6.16. The summed E-state index contributed by atoms with van der Waals surface area (Å²) in [6, 6.07) is 18.7. The minimum Gasteiger partial charge on any atom is -0.489 e. The molecular weight excluding hydrogens is 300 g/mol. The van der Waals surface area contributed by atoms with E-state index in [4.69, 9.17) is 4.74 Å². The average Bonchev–Trinajstić information content (AvgIpc) is 2.66. The highest BCUT2D eigenvalue weighted by atomic mass is 16.5. The predicted octanol–water partition coefficient (Wildman–Crippen LogP) is 2.59. The molecule has 24 heavy (non-hydrogen) atoms. The van der Waals surface area contributed by atoms with Gasteiger partial charge in [0, 0.05) is 38.8 Å². The Morgan fingerprint density at radius 2 is 1.83 bits per heavy atom. The van der Waals surface area contributed by atoms with Crippen LogP contribution in [0.3, 0.4) is 0 Å². The summed E-state index contributed by atoms with van der Waals surface area (Å²) in [5.74, 6) is 0.884. The zero-order chi connectivity index (χ0) is 16.6. The van der Waals surface area contributed by atoms with Crippen molar-refractivity contribution in [2.75, 3.05) is 32.8 Å². The minimum atomic E-state index is 0.198. The third kappa shape index (κ3) is 4.57. The van der Waals surface area contributed by atoms with E-state index in [0.717, 1.165) is 43.9 Å². The first-order chi connectivity index (χ1) is 11.9. The van der Waals surface area contributed by atoms with E-state index in [0.29, 0.717) is 6.61 Å². The molecule has 1 aliphatic rings. The summed E-state index contributed by atoms with van der Waals surface area (Å²) in [5.41, 5.74) is 2.38. The third-order valence-corrected chi connectivity index (χ3v) is 4.49. The van der Waals surface area contributed by atoms with Crippen molar-refractivity contribution in [2.24, 2.45) is 0 Å². The van der Waals surface area contributed by atoms with E-state index in [9.17, 15) is 5.11 Å². The summed E-state index contributed by atoms with van der Waals surface area (Å²) >= 11 is 0. The van der Waals surface area contributed by atoms with Crippen molar-refractivity contribution in [3.8, 4) is 5.75 Å². The van der Waals surface area contributed by atoms with E-state index in [2.05, 4.69) is 34.5 Å². The van der Waals surface area contributed by atoms with Gasteiger partial charge >= 0.3 is 0 Å². The van der Waals surface area contributed by atoms with E-state index in [1.165, 1.54) is 5.56 Å². The molecule has 0 amide bonds. The molecule has 4 nitrogen and oxygen atoms in total. The van der Waals surface area contributed by atoms with Gasteiger partial charge < -0.3 is 15.2 Å². The Kier molecular flexibility index (Phi) is 6.24. The van der Waals surface area contributed by atoms with Crippen LogP contribution in [0.15, 0.2) is 54.6 Å². The van der Waals surface area contributed by atoms with Gasteiger partial charge in [-0.3, -0.25) is 4.90 Å². The van der Waals surface area contributed by atoms with Crippen molar-refractivity contribution in [3.05, 3.63) is 65.7 Å². The van der Waals surface area contributed by atoms with Crippen molar-refractivity contribution < 1.29 is 9.84 Å². The van der Waals surface area contributed by atoms with Crippen LogP contribution in [0.5, 0.6) is 5.75 Å². The lowest BCUT2D eigenvalue weighted by molar-refractivity contribution is 0.141. The molecule has 2 N–H and O–H groups in total. The van der Waals surface area contributed by atoms with Crippen LogP contribution < -0.4 is 10.1 Å². The first-order valence-corrected chi connectivity index (χ1v) is 8.69. The molecule has 1 saturated heterocycles. The molecule has 1 heterocycles. The van der Waals surface area contributed by atoms with Gasteiger partial charge in [-0.25, -0.2) is 0 Å². The summed E-state index contributed by atoms with van der Waals surface area (Å²) in [6.07, 6.45) is 0.752. The maximum atomic E-state index is 9.48. The molecule has 0 saturated carbocycles. The normalized spacial score (nSPS) is 16.7. The van der Waals surface area contributed by atoms with Crippen LogP contribution in [-0.4, -0.2) is 42.8 Å². The van der Waals surface area contributed by atoms with Gasteiger partial charge in [-0.2, -0.15) is 0 Å². The first-order valence-electron chi connectivity index (χ1n) is 8.69. The zero-order valence-electron chi connectivity index (χ0n) is 14.0. The van der Waals surface area contributed by atoms with Crippen LogP contribution in [0.4, 0.5) is 0 Å². The molecule has 0 bridgehead atoms. The lowest BCUT2D eigenvalue weighted by Crippen LogP contribution is -2.45. The number of nitrogens with one attached hydrogen (secondary N) is 1. The fraction of sp³-hybridized carbons (Fsp3) is 0.400. The summed E-state index contributed by atoms with van der Waals surface area (Å²) < 4.78 is 5.95. The van der Waals surface area contributed by atoms with Crippen molar-refractivity contribution in [3.63, 3.8) is 0 Å². The Hall–Kier alpha value is -1.88. The lowest BCUT2D eigenvalue weighted by atomic mass is 10.0. The fourth-order valence-electron chi connectivity index (χ4n) is 3.23. The van der Waals surface area contributed by atoms with Gasteiger partial charge in [0.2, 0.25) is 0 Å². The van der Waals surface area contributed by atoms with Gasteiger partial charge in [0.1, 0.15) is 12.4 Å². The number of nitrogens with zero attached hydrogens (tertiary/aromatic N) is 1. The summed E-state index contributed by atoms with van der Waals surface area (Å²) in [6.45, 7) is 4.81. The molecule has 3 rings (SSSR count). The molecular formula is C20H26N2O2. The van der Waals surface area contributed by atoms with E-state index in [1.54, 1.807) is 0 Å². The third-order valence-electron chi connectivity index (χ3n) is 4.49. The second kappa shape index (κ2) is 8.83. The standard InChI is InChI=1S/C20H26N2O2/c23-14-9-20(22-12-10-21-11-13-22)18-7-4-8-19(15-18)24-16-17-5-2-1-3-6-17/h1-8,15,20-21,23H,9-14,16H2/t20-/m1/s1. The van der Waals surface area contributed by atoms with Crippen LogP contribution in [0.25, 0.3) is 0 Å². The van der Waals surface area contributed by atoms with Gasteiger partial charge in [0.05, 0.1) is 0 Å². The minimum absolute atomic E-state index is 0.198. The molecule has 2 aromatic carbocycles. The molecule has 0 aliphatic carbocycles. The first kappa shape index (κ1) is 17.0. The van der Waals surface area contributed by atoms with Crippen LogP contribution in [0.2, 0.25) is 0 Å². The van der Waals surface area contributed by atoms with Crippen molar-refractivity contribution >= 4 is 0 Å². The molecule has 0 unspecified atom stereocenters. The highest BCUT2D eigenvalue weighted by Gasteiger charge is 2.22. The predicted molar refractivity (Wildman–Crippen MR) is 96.1 cm³/mol. The van der Waals surface area contributed by atoms with E-state index in [1.807, 2.05) is 30.3 Å². The SMILES string of the molecule is OCC[C@H](c1cccc(OCc2ccccc2)c1)N1CCNCC1. The largest absolute Gasteiger partial charge is 0.489 e. The molecule has 1 fully saturated rings. The molecule has 1 aliphatic heterocycles. The molecule has 0 aromatic heterocycles. The van der Waals surface area contributed by atoms with Crippen molar-refractivity contribution in [2.45, 2.75) is 19.1 Å². The van der Waals surface area contributed by atoms with Gasteiger partial charge in [0.15, 0.2) is 0 Å². The van der Waals surface area contributed by atoms with E-state index < -0.39 is 0 Å². The number of hydrogen-bond donors (Lipinski definition) is 2. The smallest absolute Gasteiger partial charge is 0.120 e. The molecule has 1 atom stereocenters. The van der Waals surface area contributed by atoms with Crippen molar-refractivity contribution in [1.82, 2.24) is 10.2 Å². The molecule has 4 heteroatoms. The Morgan fingerprint density at radius 3 is 2.58 bits per heavy atom. The quantitative estimate of drug-likeness (QED) is 0.821. The van der Waals surface area contributed by atoms with Crippen LogP contribution in [-0.2, 0) is 6.61 Å². The zero-order valence-corrected chi connectivity index (χ0v) is 14.0. The van der Waals surface area contributed by atoms with Gasteiger partial charge in [-0.15, -0.1) is 0 Å². The van der Waals surface area contributed by atoms with Crippen LogP contribution in [0.1, 0.15) is 23.6 Å². The average molecular weight is 326 g/mol. The monoisotopic (exact) mass is 326 g/mol. The topological polar surface area (TPSA) is 44.7 Å². The number of piperazine rings is 1. The fourth-order valence-corrected chi connectivity index (χ4v) is 3.23. The number of rotatable bonds is 7. The van der Waals surface area contributed by atoms with E-state index >= 15 is 0 Å². The maximum absolute atomic E-state index is 9.48. The summed E-state index contributed by atoms with van der Waals surface area (Å²) in [4.78, 5) is 2.45. The van der Waals surface area contributed by atoms with Gasteiger partial charge in [-0.1, -0.05) is 42.5 Å². The summed E-state index contributed by atoms with van der Waals surface area (Å²) in [5, 5.41) is 12.9. The highest BCUT2D eigenvalue weighted by molar-refractivity contribution is 5.31. The van der Waals surface area contributed by atoms with E-state index in [-0.39, 0.29) is 12.6 Å². The lowest BCUT2D eigenvalue weighted by Gasteiger charge is -2.35. The highest BCUT2D eigenvalue weighted by Crippen LogP contribution is 2.27. The van der Waals surface area contributed by atoms with Crippen LogP contribution in [0, 0.1) is 0 Å². The molecule has 128 valence electrons. The maximum Gasteiger partial charge on any atom is 0.120 e. The number of aliphatic hydroxyl groups is 1. The Labute approximate surface area is 144 Å². The van der Waals surface area contributed by atoms with Gasteiger partial charge in [-0.05, 0) is 29.7 Å². The van der Waals surface area contributed by atoms with Gasteiger partial charge in [0.25, 0.3) is 0 Å². The Balaban J connectivity index is 1.69. The second-order valence-electron chi connectivity index (χ2n) is 6.16.